The average Bonchev–Trinajstić information content (AvgIpc) is 3.02. The summed E-state index contributed by atoms with van der Waals surface area (Å²) < 4.78 is 6.65. The Bertz CT molecular complexity index is 930. The van der Waals surface area contributed by atoms with E-state index in [2.05, 4.69) is 18.8 Å². The summed E-state index contributed by atoms with van der Waals surface area (Å²) in [7, 11) is 0. The summed E-state index contributed by atoms with van der Waals surface area (Å²) in [4.78, 5) is 14.9. The van der Waals surface area contributed by atoms with Crippen LogP contribution in [0.5, 0.6) is 5.75 Å². The zero-order valence-corrected chi connectivity index (χ0v) is 15.5. The lowest BCUT2D eigenvalue weighted by atomic mass is 10.1. The van der Waals surface area contributed by atoms with Gasteiger partial charge in [-0.15, -0.1) is 11.3 Å². The summed E-state index contributed by atoms with van der Waals surface area (Å²) >= 11 is 1.51. The zero-order valence-electron chi connectivity index (χ0n) is 14.7. The second-order valence-corrected chi connectivity index (χ2v) is 7.46. The van der Waals surface area contributed by atoms with Crippen LogP contribution in [0, 0.1) is 16.0 Å². The first-order valence-corrected chi connectivity index (χ1v) is 9.29. The Kier molecular flexibility index (Phi) is 5.63. The molecular formula is C20H20N2O3S. The third-order valence-electron chi connectivity index (χ3n) is 3.86. The molecule has 26 heavy (non-hydrogen) atoms. The molecule has 1 heterocycles. The third-order valence-corrected chi connectivity index (χ3v) is 4.86. The monoisotopic (exact) mass is 368 g/mol. The number of nitro groups is 1. The average molecular weight is 368 g/mol. The van der Waals surface area contributed by atoms with E-state index < -0.39 is 4.92 Å². The van der Waals surface area contributed by atoms with Gasteiger partial charge in [-0.05, 0) is 42.2 Å². The normalized spacial score (nSPS) is 11.5. The molecule has 0 saturated carbocycles. The molecule has 2 aromatic carbocycles. The minimum atomic E-state index is -0.404. The van der Waals surface area contributed by atoms with Crippen molar-refractivity contribution in [1.82, 2.24) is 4.98 Å². The van der Waals surface area contributed by atoms with Crippen LogP contribution in [0.15, 0.2) is 42.5 Å². The van der Waals surface area contributed by atoms with Crippen molar-refractivity contribution in [2.75, 3.05) is 6.61 Å². The molecule has 6 heteroatoms. The molecule has 3 aromatic rings. The molecule has 1 aromatic heterocycles. The molecule has 0 bridgehead atoms. The van der Waals surface area contributed by atoms with Gasteiger partial charge in [0, 0.05) is 12.1 Å². The number of benzene rings is 2. The molecule has 3 rings (SSSR count). The lowest BCUT2D eigenvalue weighted by Crippen LogP contribution is -2.01. The van der Waals surface area contributed by atoms with E-state index in [1.807, 2.05) is 36.4 Å². The number of rotatable bonds is 7. The Morgan fingerprint density at radius 3 is 2.65 bits per heavy atom. The molecule has 0 unspecified atom stereocenters. The van der Waals surface area contributed by atoms with Gasteiger partial charge in [0.15, 0.2) is 0 Å². The number of fused-ring (bicyclic) bond motifs is 1. The third kappa shape index (κ3) is 4.67. The highest BCUT2D eigenvalue weighted by Crippen LogP contribution is 2.27. The quantitative estimate of drug-likeness (QED) is 0.390. The van der Waals surface area contributed by atoms with Crippen LogP contribution in [-0.4, -0.2) is 16.5 Å². The summed E-state index contributed by atoms with van der Waals surface area (Å²) in [6, 6.07) is 12.7. The van der Waals surface area contributed by atoms with Crippen molar-refractivity contribution < 1.29 is 9.66 Å². The first-order valence-electron chi connectivity index (χ1n) is 8.47. The number of hydrogen-bond donors (Lipinski definition) is 0. The lowest BCUT2D eigenvalue weighted by Gasteiger charge is -2.07. The van der Waals surface area contributed by atoms with Crippen LogP contribution in [-0.2, 0) is 0 Å². The van der Waals surface area contributed by atoms with Gasteiger partial charge in [0.05, 0.1) is 21.7 Å². The van der Waals surface area contributed by atoms with Crippen LogP contribution in [0.4, 0.5) is 5.69 Å². The van der Waals surface area contributed by atoms with Gasteiger partial charge in [-0.25, -0.2) is 4.98 Å². The second kappa shape index (κ2) is 8.10. The molecule has 5 nitrogen and oxygen atoms in total. The molecule has 134 valence electrons. The Morgan fingerprint density at radius 1 is 1.19 bits per heavy atom. The van der Waals surface area contributed by atoms with Crippen molar-refractivity contribution in [1.29, 1.82) is 0 Å². The molecule has 0 spiro atoms. The number of aromatic nitrogens is 1. The topological polar surface area (TPSA) is 65.3 Å². The molecule has 0 atom stereocenters. The minimum absolute atomic E-state index is 0.0615. The minimum Gasteiger partial charge on any atom is -0.494 e. The van der Waals surface area contributed by atoms with Gasteiger partial charge < -0.3 is 4.74 Å². The summed E-state index contributed by atoms with van der Waals surface area (Å²) in [6.07, 6.45) is 4.94. The maximum atomic E-state index is 10.8. The lowest BCUT2D eigenvalue weighted by molar-refractivity contribution is -0.384. The highest BCUT2D eigenvalue weighted by Gasteiger charge is 2.09. The van der Waals surface area contributed by atoms with Gasteiger partial charge in [-0.1, -0.05) is 32.1 Å². The summed E-state index contributed by atoms with van der Waals surface area (Å²) in [5, 5.41) is 11.7. The predicted molar refractivity (Wildman–Crippen MR) is 107 cm³/mol. The predicted octanol–water partition coefficient (Wildman–Crippen LogP) is 5.80. The van der Waals surface area contributed by atoms with Crippen molar-refractivity contribution in [3.8, 4) is 5.75 Å². The van der Waals surface area contributed by atoms with Gasteiger partial charge in [-0.3, -0.25) is 10.1 Å². The number of hydrogen-bond acceptors (Lipinski definition) is 5. The van der Waals surface area contributed by atoms with Crippen molar-refractivity contribution >= 4 is 39.4 Å². The fourth-order valence-corrected chi connectivity index (χ4v) is 3.22. The number of nitro benzene ring substituents is 1. The molecule has 0 radical (unpaired) electrons. The molecule has 0 fully saturated rings. The maximum absolute atomic E-state index is 10.8. The molecule has 0 amide bonds. The fraction of sp³-hybridized carbons (Fsp3) is 0.250. The van der Waals surface area contributed by atoms with E-state index in [1.165, 1.54) is 23.5 Å². The Hall–Kier alpha value is -2.73. The smallest absolute Gasteiger partial charge is 0.271 e. The van der Waals surface area contributed by atoms with Crippen molar-refractivity contribution in [2.24, 2.45) is 5.92 Å². The molecule has 0 N–H and O–H groups in total. The van der Waals surface area contributed by atoms with Gasteiger partial charge in [0.25, 0.3) is 5.69 Å². The molecular weight excluding hydrogens is 348 g/mol. The molecule has 0 aliphatic heterocycles. The number of nitrogens with zero attached hydrogens (tertiary/aromatic N) is 2. The van der Waals surface area contributed by atoms with Gasteiger partial charge >= 0.3 is 0 Å². The molecule has 0 aliphatic carbocycles. The Morgan fingerprint density at radius 2 is 1.96 bits per heavy atom. The molecule has 0 saturated heterocycles. The van der Waals surface area contributed by atoms with Crippen molar-refractivity contribution in [3.05, 3.63) is 63.1 Å². The van der Waals surface area contributed by atoms with Crippen LogP contribution >= 0.6 is 11.3 Å². The largest absolute Gasteiger partial charge is 0.494 e. The number of non-ortho nitro benzene ring substituents is 1. The van der Waals surface area contributed by atoms with Gasteiger partial charge in [0.2, 0.25) is 0 Å². The van der Waals surface area contributed by atoms with Crippen LogP contribution in [0.2, 0.25) is 0 Å². The van der Waals surface area contributed by atoms with Crippen molar-refractivity contribution in [2.45, 2.75) is 20.3 Å². The zero-order chi connectivity index (χ0) is 18.5. The summed E-state index contributed by atoms with van der Waals surface area (Å²) in [5.74, 6) is 1.50. The van der Waals surface area contributed by atoms with E-state index in [1.54, 1.807) is 6.07 Å². The number of thiazole rings is 1. The first-order chi connectivity index (χ1) is 12.5. The maximum Gasteiger partial charge on any atom is 0.271 e. The summed E-state index contributed by atoms with van der Waals surface area (Å²) in [5.41, 5.74) is 1.76. The Labute approximate surface area is 156 Å². The first kappa shape index (κ1) is 18.1. The van der Waals surface area contributed by atoms with E-state index in [9.17, 15) is 10.1 Å². The van der Waals surface area contributed by atoms with Gasteiger partial charge in [0.1, 0.15) is 10.8 Å². The fourth-order valence-electron chi connectivity index (χ4n) is 2.37. The van der Waals surface area contributed by atoms with Crippen LogP contribution in [0.25, 0.3) is 22.4 Å². The van der Waals surface area contributed by atoms with E-state index >= 15 is 0 Å². The second-order valence-electron chi connectivity index (χ2n) is 6.39. The van der Waals surface area contributed by atoms with E-state index in [-0.39, 0.29) is 5.69 Å². The summed E-state index contributed by atoms with van der Waals surface area (Å²) in [6.45, 7) is 5.08. The van der Waals surface area contributed by atoms with Crippen LogP contribution in [0.1, 0.15) is 30.8 Å². The molecule has 0 aliphatic rings. The highest BCUT2D eigenvalue weighted by molar-refractivity contribution is 7.19. The van der Waals surface area contributed by atoms with Crippen LogP contribution < -0.4 is 4.74 Å². The standard InChI is InChI=1S/C20H20N2O3S/c1-14(2)11-12-25-17-7-3-15(4-8-17)5-10-20-21-18-13-16(22(23)24)6-9-19(18)26-20/h3-10,13-14H,11-12H2,1-2H3. The van der Waals surface area contributed by atoms with E-state index in [0.717, 1.165) is 34.0 Å². The SMILES string of the molecule is CC(C)CCOc1ccc(C=Cc2nc3cc([N+](=O)[O-])ccc3s2)cc1. The Balaban J connectivity index is 1.67. The van der Waals surface area contributed by atoms with Gasteiger partial charge in [-0.2, -0.15) is 0 Å². The van der Waals surface area contributed by atoms with Crippen molar-refractivity contribution in [3.63, 3.8) is 0 Å². The number of ether oxygens (including phenoxy) is 1. The highest BCUT2D eigenvalue weighted by atomic mass is 32.1. The van der Waals surface area contributed by atoms with E-state index in [4.69, 9.17) is 4.74 Å². The van der Waals surface area contributed by atoms with Crippen LogP contribution in [0.3, 0.4) is 0 Å². The van der Waals surface area contributed by atoms with E-state index in [0.29, 0.717) is 11.4 Å².